The van der Waals surface area contributed by atoms with Crippen LogP contribution in [-0.4, -0.2) is 47.3 Å². The van der Waals surface area contributed by atoms with E-state index in [2.05, 4.69) is 45.9 Å². The van der Waals surface area contributed by atoms with Crippen LogP contribution in [0.1, 0.15) is 44.1 Å². The number of rotatable bonds is 10. The van der Waals surface area contributed by atoms with E-state index in [1.54, 1.807) is 18.7 Å². The summed E-state index contributed by atoms with van der Waals surface area (Å²) in [6, 6.07) is 35.2. The number of benzene rings is 4. The highest BCUT2D eigenvalue weighted by atomic mass is 32.2. The van der Waals surface area contributed by atoms with E-state index in [-0.39, 0.29) is 29.8 Å². The molecule has 2 aliphatic heterocycles. The van der Waals surface area contributed by atoms with Gasteiger partial charge in [0.05, 0.1) is 29.1 Å². The molecule has 0 spiro atoms. The van der Waals surface area contributed by atoms with Crippen LogP contribution >= 0.6 is 34.9 Å². The number of ether oxygens (including phenoxy) is 1. The highest BCUT2D eigenvalue weighted by Crippen LogP contribution is 2.45. The Hall–Kier alpha value is -5.07. The van der Waals surface area contributed by atoms with Gasteiger partial charge in [0.15, 0.2) is 0 Å². The normalized spacial score (nSPS) is 17.7. The number of thiophene rings is 1. The van der Waals surface area contributed by atoms with Gasteiger partial charge in [-0.25, -0.2) is 9.59 Å². The molecule has 0 saturated heterocycles. The van der Waals surface area contributed by atoms with Gasteiger partial charge < -0.3 is 15.4 Å². The third kappa shape index (κ3) is 8.16. The quantitative estimate of drug-likeness (QED) is 0.108. The van der Waals surface area contributed by atoms with Crippen molar-refractivity contribution in [3.8, 4) is 0 Å². The van der Waals surface area contributed by atoms with E-state index in [1.807, 2.05) is 108 Å². The Kier molecular flexibility index (Phi) is 11.2. The number of allylic oxidation sites excluding steroid dienone is 2. The lowest BCUT2D eigenvalue weighted by Gasteiger charge is -2.40. The topological polar surface area (TPSA) is 91.0 Å². The molecule has 3 aliphatic rings. The molecule has 2 N–H and O–H groups in total. The van der Waals surface area contributed by atoms with Gasteiger partial charge in [-0.05, 0) is 60.4 Å². The van der Waals surface area contributed by atoms with Crippen molar-refractivity contribution in [1.29, 1.82) is 0 Å². The Bertz CT molecular complexity index is 2260. The Labute approximate surface area is 333 Å². The summed E-state index contributed by atoms with van der Waals surface area (Å²) in [5.41, 5.74) is 4.96. The van der Waals surface area contributed by atoms with E-state index in [4.69, 9.17) is 4.74 Å². The third-order valence-corrected chi connectivity index (χ3v) is 13.4. The first kappa shape index (κ1) is 36.9. The van der Waals surface area contributed by atoms with Crippen LogP contribution < -0.4 is 15.5 Å². The van der Waals surface area contributed by atoms with E-state index >= 15 is 0 Å². The zero-order chi connectivity index (χ0) is 37.7. The lowest BCUT2D eigenvalue weighted by atomic mass is 10.0. The third-order valence-electron chi connectivity index (χ3n) is 9.74. The molecule has 0 bridgehead atoms. The molecular formula is C44H40N4O4S3. The molecule has 5 aromatic rings. The van der Waals surface area contributed by atoms with Crippen molar-refractivity contribution in [2.75, 3.05) is 28.7 Å². The fourth-order valence-electron chi connectivity index (χ4n) is 7.21. The summed E-state index contributed by atoms with van der Waals surface area (Å²) in [5.74, 6) is -0.665. The van der Waals surface area contributed by atoms with Gasteiger partial charge in [0.25, 0.3) is 0 Å². The number of carbonyl (C=O) groups is 3. The van der Waals surface area contributed by atoms with E-state index < -0.39 is 11.2 Å². The van der Waals surface area contributed by atoms with Crippen LogP contribution in [-0.2, 0) is 29.0 Å². The summed E-state index contributed by atoms with van der Waals surface area (Å²) >= 11 is 4.61. The number of hydrogen-bond donors (Lipinski definition) is 2. The summed E-state index contributed by atoms with van der Waals surface area (Å²) in [7, 11) is 0. The molecule has 278 valence electrons. The molecule has 0 fully saturated rings. The lowest BCUT2D eigenvalue weighted by molar-refractivity contribution is -0.115. The number of nitrogens with zero attached hydrogens (tertiary/aromatic N) is 2. The summed E-state index contributed by atoms with van der Waals surface area (Å²) in [5, 5.41) is 6.28. The lowest BCUT2D eigenvalue weighted by Crippen LogP contribution is -2.49. The molecule has 3 atom stereocenters. The minimum Gasteiger partial charge on any atom is -0.462 e. The number of hydrogen-bond acceptors (Lipinski definition) is 8. The zero-order valence-electron chi connectivity index (χ0n) is 30.2. The predicted octanol–water partition coefficient (Wildman–Crippen LogP) is 9.96. The fourth-order valence-corrected chi connectivity index (χ4v) is 10.8. The smallest absolute Gasteiger partial charge is 0.341 e. The average Bonchev–Trinajstić information content (AvgIpc) is 3.56. The Morgan fingerprint density at radius 2 is 1.65 bits per heavy atom. The monoisotopic (exact) mass is 784 g/mol. The van der Waals surface area contributed by atoms with E-state index in [0.29, 0.717) is 29.2 Å². The van der Waals surface area contributed by atoms with Crippen molar-refractivity contribution < 1.29 is 19.1 Å². The summed E-state index contributed by atoms with van der Waals surface area (Å²) < 4.78 is 5.53. The first-order chi connectivity index (χ1) is 26.9. The van der Waals surface area contributed by atoms with Crippen molar-refractivity contribution in [2.45, 2.75) is 52.8 Å². The molecule has 1 aliphatic carbocycles. The van der Waals surface area contributed by atoms with Crippen molar-refractivity contribution in [3.63, 3.8) is 0 Å². The van der Waals surface area contributed by atoms with Crippen LogP contribution in [0.2, 0.25) is 0 Å². The molecule has 0 saturated carbocycles. The van der Waals surface area contributed by atoms with Crippen molar-refractivity contribution in [2.24, 2.45) is 0 Å². The molecule has 3 unspecified atom stereocenters. The highest BCUT2D eigenvalue weighted by molar-refractivity contribution is 8.00. The molecule has 4 aromatic carbocycles. The second kappa shape index (κ2) is 16.7. The molecular weight excluding hydrogens is 745 g/mol. The largest absolute Gasteiger partial charge is 0.462 e. The molecule has 3 amide bonds. The van der Waals surface area contributed by atoms with Crippen LogP contribution in [0.4, 0.5) is 21.2 Å². The standard InChI is InChI=1S/C44H40N4O4S3/c1-2-52-43(50)39-33-24-25-47(27-29-14-5-3-6-15-29)28-38(33)55-42(39)46-41(49)40(30-16-7-4-8-17-30)53-32-19-13-18-31(26-32)45-44(51)48-34-20-9-11-22-36(34)54-37-23-12-10-21-35(37)48/h3-23,26,34,36,40H,2,24-25,27-28H2,1H3,(H,45,51)(H,46,49). The van der Waals surface area contributed by atoms with Gasteiger partial charge in [0.1, 0.15) is 10.3 Å². The van der Waals surface area contributed by atoms with Crippen molar-refractivity contribution >= 4 is 69.1 Å². The number of esters is 1. The summed E-state index contributed by atoms with van der Waals surface area (Å²) in [6.45, 7) is 4.32. The fraction of sp³-hybridized carbons (Fsp3) is 0.205. The molecule has 1 aromatic heterocycles. The second-order valence-electron chi connectivity index (χ2n) is 13.4. The van der Waals surface area contributed by atoms with Gasteiger partial charge in [-0.1, -0.05) is 103 Å². The van der Waals surface area contributed by atoms with Gasteiger partial charge in [-0.15, -0.1) is 34.9 Å². The molecule has 11 heteroatoms. The number of para-hydroxylation sites is 1. The van der Waals surface area contributed by atoms with E-state index in [1.165, 1.54) is 28.7 Å². The summed E-state index contributed by atoms with van der Waals surface area (Å²) in [4.78, 5) is 49.0. The first-order valence-corrected chi connectivity index (χ1v) is 20.9. The van der Waals surface area contributed by atoms with Crippen LogP contribution in [0.25, 0.3) is 0 Å². The van der Waals surface area contributed by atoms with Gasteiger partial charge in [0, 0.05) is 40.0 Å². The van der Waals surface area contributed by atoms with Crippen LogP contribution in [0.3, 0.4) is 0 Å². The maximum atomic E-state index is 14.4. The van der Waals surface area contributed by atoms with Gasteiger partial charge in [-0.3, -0.25) is 14.6 Å². The Morgan fingerprint density at radius 1 is 0.891 bits per heavy atom. The minimum absolute atomic E-state index is 0.115. The molecule has 55 heavy (non-hydrogen) atoms. The number of thioether (sulfide) groups is 2. The SMILES string of the molecule is CCOC(=O)c1c(NC(=O)C(Sc2cccc(NC(=O)N3c4ccccc4SC4C=CC=CC43)c2)c2ccccc2)sc2c1CCN(Cc1ccccc1)C2. The predicted molar refractivity (Wildman–Crippen MR) is 224 cm³/mol. The van der Waals surface area contributed by atoms with E-state index in [9.17, 15) is 14.4 Å². The maximum absolute atomic E-state index is 14.4. The van der Waals surface area contributed by atoms with Crippen LogP contribution in [0.5, 0.6) is 0 Å². The number of anilines is 3. The van der Waals surface area contributed by atoms with Gasteiger partial charge >= 0.3 is 12.0 Å². The summed E-state index contributed by atoms with van der Waals surface area (Å²) in [6.07, 6.45) is 8.92. The average molecular weight is 785 g/mol. The number of fused-ring (bicyclic) bond motifs is 3. The van der Waals surface area contributed by atoms with Gasteiger partial charge in [-0.2, -0.15) is 0 Å². The number of carbonyl (C=O) groups excluding carboxylic acids is 3. The molecule has 8 rings (SSSR count). The molecule has 3 heterocycles. The van der Waals surface area contributed by atoms with Crippen LogP contribution in [0, 0.1) is 0 Å². The Balaban J connectivity index is 1.03. The van der Waals surface area contributed by atoms with Crippen molar-refractivity contribution in [1.82, 2.24) is 4.90 Å². The zero-order valence-corrected chi connectivity index (χ0v) is 32.7. The molecule has 8 nitrogen and oxygen atoms in total. The second-order valence-corrected chi connectivity index (χ2v) is 16.9. The first-order valence-electron chi connectivity index (χ1n) is 18.4. The highest BCUT2D eigenvalue weighted by Gasteiger charge is 2.37. The number of nitrogens with one attached hydrogen (secondary N) is 2. The van der Waals surface area contributed by atoms with Crippen molar-refractivity contribution in [3.05, 3.63) is 161 Å². The molecule has 0 radical (unpaired) electrons. The van der Waals surface area contributed by atoms with Gasteiger partial charge in [0.2, 0.25) is 5.91 Å². The maximum Gasteiger partial charge on any atom is 0.341 e. The Morgan fingerprint density at radius 3 is 2.47 bits per heavy atom. The minimum atomic E-state index is -0.651. The van der Waals surface area contributed by atoms with Crippen LogP contribution in [0.15, 0.2) is 143 Å². The van der Waals surface area contributed by atoms with E-state index in [0.717, 1.165) is 44.6 Å². The number of urea groups is 1. The number of amides is 3.